The van der Waals surface area contributed by atoms with Gasteiger partial charge in [-0.2, -0.15) is 0 Å². The first-order valence-electron chi connectivity index (χ1n) is 6.06. The number of benzene rings is 1. The van der Waals surface area contributed by atoms with Crippen LogP contribution in [0.15, 0.2) is 24.3 Å². The fraction of sp³-hybridized carbons (Fsp3) is 0.267. The highest BCUT2D eigenvalue weighted by Crippen LogP contribution is 2.34. The summed E-state index contributed by atoms with van der Waals surface area (Å²) in [6, 6.07) is 5.27. The number of aliphatic hydroxyl groups is 1. The number of rotatable bonds is 2. The van der Waals surface area contributed by atoms with Crippen molar-refractivity contribution < 1.29 is 13.9 Å². The zero-order valence-corrected chi connectivity index (χ0v) is 12.1. The van der Waals surface area contributed by atoms with Gasteiger partial charge in [-0.3, -0.25) is 0 Å². The van der Waals surface area contributed by atoms with Crippen LogP contribution in [0.3, 0.4) is 0 Å². The van der Waals surface area contributed by atoms with Crippen LogP contribution < -0.4 is 0 Å². The molecule has 0 bridgehead atoms. The van der Waals surface area contributed by atoms with E-state index in [0.29, 0.717) is 11.1 Å². The third-order valence-electron chi connectivity index (χ3n) is 3.05. The van der Waals surface area contributed by atoms with Gasteiger partial charge < -0.3 is 5.11 Å². The van der Waals surface area contributed by atoms with Crippen LogP contribution in [0.25, 0.3) is 11.3 Å². The Balaban J connectivity index is 2.73. The topological polar surface area (TPSA) is 33.1 Å². The Morgan fingerprint density at radius 3 is 2.20 bits per heavy atom. The van der Waals surface area contributed by atoms with Gasteiger partial charge in [-0.25, -0.2) is 13.8 Å². The van der Waals surface area contributed by atoms with E-state index in [2.05, 4.69) is 4.98 Å². The van der Waals surface area contributed by atoms with E-state index in [1.165, 1.54) is 38.1 Å². The van der Waals surface area contributed by atoms with Gasteiger partial charge in [0.2, 0.25) is 0 Å². The highest BCUT2D eigenvalue weighted by Gasteiger charge is 2.28. The molecule has 0 saturated carbocycles. The van der Waals surface area contributed by atoms with Gasteiger partial charge in [-0.05, 0) is 50.6 Å². The average molecular weight is 298 g/mol. The monoisotopic (exact) mass is 297 g/mol. The lowest BCUT2D eigenvalue weighted by Crippen LogP contribution is -2.21. The minimum atomic E-state index is -1.39. The molecule has 2 nitrogen and oxygen atoms in total. The molecule has 1 aromatic heterocycles. The molecule has 5 heteroatoms. The smallest absolute Gasteiger partial charge is 0.155 e. The molecule has 0 unspecified atom stereocenters. The summed E-state index contributed by atoms with van der Waals surface area (Å²) in [5, 5.41) is 10.2. The van der Waals surface area contributed by atoms with Gasteiger partial charge in [0, 0.05) is 11.1 Å². The summed E-state index contributed by atoms with van der Waals surface area (Å²) in [5.74, 6) is -1.07. The van der Waals surface area contributed by atoms with Crippen LogP contribution in [0.2, 0.25) is 5.15 Å². The molecule has 0 atom stereocenters. The van der Waals surface area contributed by atoms with Crippen LogP contribution in [-0.4, -0.2) is 10.1 Å². The zero-order chi connectivity index (χ0) is 15.1. The van der Waals surface area contributed by atoms with Crippen molar-refractivity contribution in [3.05, 3.63) is 52.2 Å². The molecule has 0 aliphatic heterocycles. The molecule has 0 radical (unpaired) electrons. The number of hydrogen-bond acceptors (Lipinski definition) is 2. The van der Waals surface area contributed by atoms with E-state index in [1.807, 2.05) is 0 Å². The van der Waals surface area contributed by atoms with Crippen LogP contribution in [0.5, 0.6) is 0 Å². The third-order valence-corrected chi connectivity index (χ3v) is 3.42. The first kappa shape index (κ1) is 14.9. The van der Waals surface area contributed by atoms with Crippen LogP contribution in [-0.2, 0) is 5.60 Å². The van der Waals surface area contributed by atoms with E-state index in [-0.39, 0.29) is 16.4 Å². The molecule has 2 aromatic rings. The van der Waals surface area contributed by atoms with Crippen LogP contribution in [0.4, 0.5) is 8.78 Å². The van der Waals surface area contributed by atoms with Crippen molar-refractivity contribution in [2.45, 2.75) is 26.4 Å². The lowest BCUT2D eigenvalue weighted by molar-refractivity contribution is 0.0738. The lowest BCUT2D eigenvalue weighted by atomic mass is 9.92. The summed E-state index contributed by atoms with van der Waals surface area (Å²) in [6.07, 6.45) is 0. The largest absolute Gasteiger partial charge is 0.386 e. The Morgan fingerprint density at radius 2 is 1.70 bits per heavy atom. The molecule has 0 amide bonds. The van der Waals surface area contributed by atoms with Crippen molar-refractivity contribution in [1.82, 2.24) is 4.98 Å². The fourth-order valence-corrected chi connectivity index (χ4v) is 2.32. The van der Waals surface area contributed by atoms with Gasteiger partial charge in [0.05, 0.1) is 5.60 Å². The fourth-order valence-electron chi connectivity index (χ4n) is 2.14. The molecule has 1 N–H and O–H groups in total. The van der Waals surface area contributed by atoms with Crippen molar-refractivity contribution in [2.75, 3.05) is 0 Å². The summed E-state index contributed by atoms with van der Waals surface area (Å²) in [5.41, 5.74) is -0.511. The summed E-state index contributed by atoms with van der Waals surface area (Å²) in [6.45, 7) is 4.55. The summed E-state index contributed by atoms with van der Waals surface area (Å²) in [4.78, 5) is 4.00. The summed E-state index contributed by atoms with van der Waals surface area (Å²) < 4.78 is 27.6. The minimum Gasteiger partial charge on any atom is -0.386 e. The second-order valence-electron chi connectivity index (χ2n) is 5.13. The van der Waals surface area contributed by atoms with Crippen LogP contribution in [0, 0.1) is 18.6 Å². The van der Waals surface area contributed by atoms with Crippen molar-refractivity contribution in [1.29, 1.82) is 0 Å². The van der Waals surface area contributed by atoms with E-state index in [9.17, 15) is 13.9 Å². The normalized spacial score (nSPS) is 11.8. The second-order valence-corrected chi connectivity index (χ2v) is 5.49. The number of aromatic nitrogens is 1. The van der Waals surface area contributed by atoms with E-state index >= 15 is 0 Å². The molecule has 0 fully saturated rings. The molecular weight excluding hydrogens is 284 g/mol. The van der Waals surface area contributed by atoms with Crippen molar-refractivity contribution in [2.24, 2.45) is 0 Å². The maximum absolute atomic E-state index is 14.6. The number of nitrogens with zero attached hydrogens (tertiary/aromatic N) is 1. The second kappa shape index (κ2) is 5.11. The highest BCUT2D eigenvalue weighted by atomic mass is 35.5. The molecule has 0 aliphatic rings. The maximum atomic E-state index is 14.6. The molecule has 0 aliphatic carbocycles. The summed E-state index contributed by atoms with van der Waals surface area (Å²) >= 11 is 6.02. The van der Waals surface area contributed by atoms with Crippen LogP contribution in [0.1, 0.15) is 25.0 Å². The Hall–Kier alpha value is -1.52. The lowest BCUT2D eigenvalue weighted by Gasteiger charge is -2.23. The number of halogens is 3. The maximum Gasteiger partial charge on any atom is 0.155 e. The summed E-state index contributed by atoms with van der Waals surface area (Å²) in [7, 11) is 0. The molecule has 1 heterocycles. The first-order valence-corrected chi connectivity index (χ1v) is 6.44. The van der Waals surface area contributed by atoms with Gasteiger partial charge in [0.1, 0.15) is 16.7 Å². The number of hydrogen-bond donors (Lipinski definition) is 1. The van der Waals surface area contributed by atoms with Gasteiger partial charge in [0.15, 0.2) is 5.82 Å². The Labute approximate surface area is 121 Å². The SMILES string of the molecule is Cc1c(Cl)nc(-c2ccc(F)cc2)c(F)c1C(C)(C)O. The Kier molecular flexibility index (Phi) is 3.80. The Morgan fingerprint density at radius 1 is 1.15 bits per heavy atom. The van der Waals surface area contributed by atoms with Crippen molar-refractivity contribution in [3.8, 4) is 11.3 Å². The quantitative estimate of drug-likeness (QED) is 0.842. The molecule has 1 aromatic carbocycles. The van der Waals surface area contributed by atoms with E-state index < -0.39 is 17.2 Å². The highest BCUT2D eigenvalue weighted by molar-refractivity contribution is 6.30. The van der Waals surface area contributed by atoms with Gasteiger partial charge in [-0.15, -0.1) is 0 Å². The van der Waals surface area contributed by atoms with Gasteiger partial charge >= 0.3 is 0 Å². The third kappa shape index (κ3) is 2.67. The molecule has 0 spiro atoms. The minimum absolute atomic E-state index is 0.00211. The molecular formula is C15H14ClF2NO. The Bertz CT molecular complexity index is 648. The van der Waals surface area contributed by atoms with Gasteiger partial charge in [0.25, 0.3) is 0 Å². The van der Waals surface area contributed by atoms with Gasteiger partial charge in [-0.1, -0.05) is 11.6 Å². The van der Waals surface area contributed by atoms with E-state index in [1.54, 1.807) is 6.92 Å². The zero-order valence-electron chi connectivity index (χ0n) is 11.3. The molecule has 2 rings (SSSR count). The molecule has 20 heavy (non-hydrogen) atoms. The van der Waals surface area contributed by atoms with E-state index in [4.69, 9.17) is 11.6 Å². The van der Waals surface area contributed by atoms with Crippen molar-refractivity contribution >= 4 is 11.6 Å². The molecule has 0 saturated heterocycles. The predicted octanol–water partition coefficient (Wildman–Crippen LogP) is 4.22. The standard InChI is InChI=1S/C15H14ClF2NO/c1-8-11(15(2,3)20)12(18)13(19-14(8)16)9-4-6-10(17)7-5-9/h4-7,20H,1-3H3. The first-order chi connectivity index (χ1) is 9.21. The molecule has 106 valence electrons. The van der Waals surface area contributed by atoms with Crippen molar-refractivity contribution in [3.63, 3.8) is 0 Å². The van der Waals surface area contributed by atoms with Crippen LogP contribution >= 0.6 is 11.6 Å². The average Bonchev–Trinajstić information content (AvgIpc) is 2.33. The van der Waals surface area contributed by atoms with E-state index in [0.717, 1.165) is 0 Å². The predicted molar refractivity (Wildman–Crippen MR) is 74.6 cm³/mol. The number of pyridine rings is 1.